The van der Waals surface area contributed by atoms with Crippen LogP contribution in [0.5, 0.6) is 0 Å². The van der Waals surface area contributed by atoms with E-state index in [1.807, 2.05) is 0 Å². The van der Waals surface area contributed by atoms with Crippen molar-refractivity contribution in [2.24, 2.45) is 23.2 Å². The third-order valence-corrected chi connectivity index (χ3v) is 9.40. The molecule has 4 saturated carbocycles. The van der Waals surface area contributed by atoms with Gasteiger partial charge in [-0.2, -0.15) is 0 Å². The molecule has 4 rings (SSSR count). The molecule has 4 aliphatic rings. The van der Waals surface area contributed by atoms with Gasteiger partial charge in [0.25, 0.3) is 0 Å². The number of carbonyl (C=O) groups excluding carboxylic acids is 1. The van der Waals surface area contributed by atoms with Crippen molar-refractivity contribution in [3.05, 3.63) is 0 Å². The van der Waals surface area contributed by atoms with Crippen LogP contribution in [-0.2, 0) is 4.79 Å². The molecule has 1 unspecified atom stereocenters. The van der Waals surface area contributed by atoms with E-state index >= 15 is 0 Å². The van der Waals surface area contributed by atoms with Crippen LogP contribution in [0.1, 0.15) is 118 Å². The monoisotopic (exact) mass is 498 g/mol. The minimum Gasteiger partial charge on any atom is -1.00 e. The van der Waals surface area contributed by atoms with Gasteiger partial charge in [0, 0.05) is 6.92 Å². The molecule has 1 atom stereocenters. The van der Waals surface area contributed by atoms with Crippen molar-refractivity contribution >= 4 is 5.91 Å². The highest BCUT2D eigenvalue weighted by Gasteiger charge is 2.55. The minimum absolute atomic E-state index is 0. The Morgan fingerprint density at radius 2 is 1.29 bits per heavy atom. The van der Waals surface area contributed by atoms with Crippen LogP contribution in [0, 0.1) is 23.2 Å². The fourth-order valence-corrected chi connectivity index (χ4v) is 7.71. The van der Waals surface area contributed by atoms with Crippen molar-refractivity contribution in [1.82, 2.24) is 5.32 Å². The highest BCUT2D eigenvalue weighted by molar-refractivity contribution is 5.83. The number of nitrogens with zero attached hydrogens (tertiary/aromatic N) is 1. The molecule has 0 aromatic rings. The zero-order valence-corrected chi connectivity index (χ0v) is 22.6. The van der Waals surface area contributed by atoms with Gasteiger partial charge >= 0.3 is 0 Å². The van der Waals surface area contributed by atoms with Crippen molar-refractivity contribution < 1.29 is 26.3 Å². The molecule has 0 heterocycles. The van der Waals surface area contributed by atoms with E-state index in [9.17, 15) is 4.79 Å². The van der Waals surface area contributed by atoms with Crippen LogP contribution in [0.4, 0.5) is 0 Å². The van der Waals surface area contributed by atoms with E-state index in [2.05, 4.69) is 33.0 Å². The van der Waals surface area contributed by atoms with Crippen molar-refractivity contribution in [2.45, 2.75) is 124 Å². The summed E-state index contributed by atoms with van der Waals surface area (Å²) in [7, 11) is 0. The molecular weight excluding hydrogens is 448 g/mol. The number of carbonyl (C=O) groups is 1. The molecule has 31 heavy (non-hydrogen) atoms. The SMILES string of the molecule is CCCCCCCCCC[N+](CC)(CC)C(C)NC(=O)C12CC3CC(CC(C3)C1)C2.[Br-]. The van der Waals surface area contributed by atoms with Gasteiger partial charge in [0.15, 0.2) is 6.17 Å². The molecule has 4 bridgehead atoms. The van der Waals surface area contributed by atoms with Crippen LogP contribution in [0.15, 0.2) is 0 Å². The fraction of sp³-hybridized carbons (Fsp3) is 0.963. The molecule has 4 aliphatic carbocycles. The summed E-state index contributed by atoms with van der Waals surface area (Å²) in [6, 6.07) is 0. The standard InChI is InChI=1S/C27H50N2O.BrH/c1-5-8-9-10-11-12-13-14-15-29(6-2,7-3)22(4)28-26(30)27-19-23-16-24(20-27)18-25(17-23)21-27;/h22-25H,5-21H2,1-4H3;1H. The maximum absolute atomic E-state index is 13.6. The Morgan fingerprint density at radius 3 is 1.74 bits per heavy atom. The minimum atomic E-state index is -0.0152. The molecule has 0 radical (unpaired) electrons. The molecular formula is C27H51BrN2O. The first-order valence-corrected chi connectivity index (χ1v) is 13.6. The zero-order chi connectivity index (χ0) is 21.6. The first-order valence-electron chi connectivity index (χ1n) is 13.6. The van der Waals surface area contributed by atoms with Crippen LogP contribution in [0.25, 0.3) is 0 Å². The highest BCUT2D eigenvalue weighted by atomic mass is 79.9. The van der Waals surface area contributed by atoms with Gasteiger partial charge in [-0.25, -0.2) is 0 Å². The summed E-state index contributed by atoms with van der Waals surface area (Å²) in [5.74, 6) is 2.93. The lowest BCUT2D eigenvalue weighted by Crippen LogP contribution is -3.00. The van der Waals surface area contributed by atoms with Crippen LogP contribution in [-0.4, -0.2) is 36.2 Å². The summed E-state index contributed by atoms with van der Waals surface area (Å²) < 4.78 is 1.05. The Labute approximate surface area is 203 Å². The average Bonchev–Trinajstić information content (AvgIpc) is 2.72. The van der Waals surface area contributed by atoms with E-state index in [1.54, 1.807) is 0 Å². The Kier molecular flexibility index (Phi) is 10.9. The first kappa shape index (κ1) is 27.2. The lowest BCUT2D eigenvalue weighted by atomic mass is 9.49. The number of rotatable bonds is 14. The van der Waals surface area contributed by atoms with Gasteiger partial charge in [0.2, 0.25) is 5.91 Å². The van der Waals surface area contributed by atoms with Crippen molar-refractivity contribution in [3.8, 4) is 0 Å². The average molecular weight is 500 g/mol. The topological polar surface area (TPSA) is 29.1 Å². The second kappa shape index (κ2) is 12.4. The normalized spacial score (nSPS) is 30.1. The lowest BCUT2D eigenvalue weighted by molar-refractivity contribution is -0.948. The van der Waals surface area contributed by atoms with Gasteiger partial charge in [-0.3, -0.25) is 4.79 Å². The van der Waals surface area contributed by atoms with Crippen molar-refractivity contribution in [2.75, 3.05) is 19.6 Å². The van der Waals surface area contributed by atoms with Gasteiger partial charge < -0.3 is 26.8 Å². The number of nitrogens with one attached hydrogen (secondary N) is 1. The number of hydrogen-bond acceptors (Lipinski definition) is 1. The van der Waals surface area contributed by atoms with E-state index in [0.29, 0.717) is 5.91 Å². The molecule has 1 N–H and O–H groups in total. The van der Waals surface area contributed by atoms with Gasteiger partial charge in [0.05, 0.1) is 25.0 Å². The summed E-state index contributed by atoms with van der Waals surface area (Å²) in [5.41, 5.74) is -0.0152. The first-order chi connectivity index (χ1) is 14.5. The van der Waals surface area contributed by atoms with Gasteiger partial charge in [-0.15, -0.1) is 0 Å². The predicted octanol–water partition coefficient (Wildman–Crippen LogP) is 3.67. The molecule has 0 aromatic heterocycles. The summed E-state index contributed by atoms with van der Waals surface area (Å²) in [4.78, 5) is 13.6. The molecule has 4 fully saturated rings. The molecule has 0 saturated heterocycles. The maximum atomic E-state index is 13.6. The molecule has 1 amide bonds. The number of unbranched alkanes of at least 4 members (excludes halogenated alkanes) is 7. The number of halogens is 1. The molecule has 0 aliphatic heterocycles. The largest absolute Gasteiger partial charge is 1.00 e. The van der Waals surface area contributed by atoms with Crippen LogP contribution in [0.2, 0.25) is 0 Å². The number of amides is 1. The predicted molar refractivity (Wildman–Crippen MR) is 127 cm³/mol. The van der Waals surface area contributed by atoms with E-state index in [1.165, 1.54) is 96.4 Å². The van der Waals surface area contributed by atoms with E-state index < -0.39 is 0 Å². The summed E-state index contributed by atoms with van der Waals surface area (Å²) in [5, 5.41) is 3.59. The number of hydrogen-bond donors (Lipinski definition) is 1. The van der Waals surface area contributed by atoms with Crippen LogP contribution in [0.3, 0.4) is 0 Å². The second-order valence-corrected chi connectivity index (χ2v) is 11.4. The van der Waals surface area contributed by atoms with Crippen LogP contribution < -0.4 is 22.3 Å². The van der Waals surface area contributed by atoms with E-state index in [0.717, 1.165) is 35.3 Å². The Bertz CT molecular complexity index is 510. The molecule has 4 heteroatoms. The molecule has 0 aromatic carbocycles. The van der Waals surface area contributed by atoms with E-state index in [4.69, 9.17) is 0 Å². The van der Waals surface area contributed by atoms with Gasteiger partial charge in [0.1, 0.15) is 0 Å². The van der Waals surface area contributed by atoms with Crippen molar-refractivity contribution in [3.63, 3.8) is 0 Å². The Balaban J connectivity index is 0.00000341. The van der Waals surface area contributed by atoms with Gasteiger partial charge in [-0.1, -0.05) is 45.4 Å². The third-order valence-electron chi connectivity index (χ3n) is 9.40. The quantitative estimate of drug-likeness (QED) is 0.221. The zero-order valence-electron chi connectivity index (χ0n) is 21.1. The second-order valence-electron chi connectivity index (χ2n) is 11.4. The summed E-state index contributed by atoms with van der Waals surface area (Å²) in [6.45, 7) is 12.7. The highest BCUT2D eigenvalue weighted by Crippen LogP contribution is 2.60. The molecule has 0 spiro atoms. The van der Waals surface area contributed by atoms with Crippen molar-refractivity contribution in [1.29, 1.82) is 0 Å². The lowest BCUT2D eigenvalue weighted by Gasteiger charge is -2.56. The summed E-state index contributed by atoms with van der Waals surface area (Å²) in [6.07, 6.45) is 19.0. The Hall–Kier alpha value is -0.0900. The maximum Gasteiger partial charge on any atom is 0.230 e. The number of quaternary nitrogens is 1. The Morgan fingerprint density at radius 1 is 0.839 bits per heavy atom. The molecule has 182 valence electrons. The van der Waals surface area contributed by atoms with Crippen LogP contribution >= 0.6 is 0 Å². The summed E-state index contributed by atoms with van der Waals surface area (Å²) >= 11 is 0. The fourth-order valence-electron chi connectivity index (χ4n) is 7.71. The smallest absolute Gasteiger partial charge is 0.230 e. The van der Waals surface area contributed by atoms with E-state index in [-0.39, 0.29) is 28.6 Å². The third kappa shape index (κ3) is 6.49. The van der Waals surface area contributed by atoms with Gasteiger partial charge in [-0.05, 0) is 83.0 Å². The molecule has 3 nitrogen and oxygen atoms in total.